The van der Waals surface area contributed by atoms with Gasteiger partial charge >= 0.3 is 0 Å². The van der Waals surface area contributed by atoms with Gasteiger partial charge in [-0.2, -0.15) is 14.7 Å². The van der Waals surface area contributed by atoms with Crippen LogP contribution in [0.3, 0.4) is 0 Å². The normalized spacial score (nSPS) is 11.8. The summed E-state index contributed by atoms with van der Waals surface area (Å²) in [7, 11) is 1.76. The van der Waals surface area contributed by atoms with Crippen molar-refractivity contribution in [3.8, 4) is 10.7 Å². The number of fused-ring (bicyclic) bond motifs is 1. The smallest absolute Gasteiger partial charge is 0.265 e. The third-order valence-corrected chi connectivity index (χ3v) is 3.17. The predicted octanol–water partition coefficient (Wildman–Crippen LogP) is 1.52. The fourth-order valence-corrected chi connectivity index (χ4v) is 2.36. The number of hydrogen-bond acceptors (Lipinski definition) is 5. The van der Waals surface area contributed by atoms with E-state index in [1.54, 1.807) is 24.0 Å². The lowest BCUT2D eigenvalue weighted by atomic mass is 10.4. The Morgan fingerprint density at radius 3 is 2.82 bits per heavy atom. The molecule has 0 aromatic carbocycles. The van der Waals surface area contributed by atoms with Crippen molar-refractivity contribution in [1.29, 1.82) is 0 Å². The van der Waals surface area contributed by atoms with E-state index in [9.17, 15) is 8.78 Å². The van der Waals surface area contributed by atoms with Gasteiger partial charge in [-0.1, -0.05) is 11.3 Å². The quantitative estimate of drug-likeness (QED) is 0.697. The third-order valence-electron chi connectivity index (χ3n) is 2.25. The Bertz CT molecular complexity index is 668. The maximum Gasteiger partial charge on any atom is 0.299 e. The average molecular weight is 256 g/mol. The van der Waals surface area contributed by atoms with Crippen LogP contribution >= 0.6 is 11.3 Å². The Hall–Kier alpha value is -1.90. The maximum atomic E-state index is 12.6. The second kappa shape index (κ2) is 3.55. The van der Waals surface area contributed by atoms with Gasteiger partial charge in [0.15, 0.2) is 5.01 Å². The number of rotatable bonds is 2. The molecule has 0 spiro atoms. The van der Waals surface area contributed by atoms with Crippen molar-refractivity contribution in [1.82, 2.24) is 29.6 Å². The first kappa shape index (κ1) is 10.3. The van der Waals surface area contributed by atoms with Gasteiger partial charge in [0.1, 0.15) is 0 Å². The van der Waals surface area contributed by atoms with Crippen LogP contribution < -0.4 is 0 Å². The van der Waals surface area contributed by atoms with E-state index in [1.807, 2.05) is 0 Å². The fourth-order valence-electron chi connectivity index (χ4n) is 1.46. The minimum atomic E-state index is -2.69. The summed E-state index contributed by atoms with van der Waals surface area (Å²) in [6, 6.07) is 1.76. The van der Waals surface area contributed by atoms with Crippen molar-refractivity contribution in [2.24, 2.45) is 7.05 Å². The molecule has 3 aromatic rings. The summed E-state index contributed by atoms with van der Waals surface area (Å²) in [6.07, 6.45) is -1.07. The Kier molecular flexibility index (Phi) is 2.15. The van der Waals surface area contributed by atoms with E-state index in [1.165, 1.54) is 11.3 Å². The largest absolute Gasteiger partial charge is 0.299 e. The maximum absolute atomic E-state index is 12.6. The van der Waals surface area contributed by atoms with Crippen LogP contribution in [0.25, 0.3) is 15.7 Å². The Labute approximate surface area is 97.5 Å². The molecule has 3 aromatic heterocycles. The number of aryl methyl sites for hydroxylation is 1. The molecule has 3 heterocycles. The molecule has 0 bridgehead atoms. The predicted molar refractivity (Wildman–Crippen MR) is 55.8 cm³/mol. The van der Waals surface area contributed by atoms with Crippen LogP contribution in [-0.4, -0.2) is 29.6 Å². The van der Waals surface area contributed by atoms with Crippen LogP contribution in [0.2, 0.25) is 0 Å². The van der Waals surface area contributed by atoms with E-state index >= 15 is 0 Å². The first-order valence-electron chi connectivity index (χ1n) is 4.65. The topological polar surface area (TPSA) is 60.9 Å². The van der Waals surface area contributed by atoms with E-state index in [2.05, 4.69) is 20.4 Å². The Balaban J connectivity index is 2.18. The van der Waals surface area contributed by atoms with Gasteiger partial charge in [0.05, 0.1) is 5.69 Å². The summed E-state index contributed by atoms with van der Waals surface area (Å²) >= 11 is 1.19. The molecule has 0 aliphatic heterocycles. The molecule has 9 heteroatoms. The van der Waals surface area contributed by atoms with Crippen LogP contribution in [0.4, 0.5) is 8.78 Å². The van der Waals surface area contributed by atoms with Gasteiger partial charge in [0.25, 0.3) is 6.43 Å². The number of aromatic nitrogens is 6. The zero-order valence-corrected chi connectivity index (χ0v) is 9.40. The zero-order valence-electron chi connectivity index (χ0n) is 8.58. The van der Waals surface area contributed by atoms with Gasteiger partial charge in [-0.25, -0.2) is 8.78 Å². The molecule has 88 valence electrons. The van der Waals surface area contributed by atoms with Crippen molar-refractivity contribution < 1.29 is 8.78 Å². The van der Waals surface area contributed by atoms with Gasteiger partial charge < -0.3 is 0 Å². The van der Waals surface area contributed by atoms with E-state index in [4.69, 9.17) is 0 Å². The zero-order chi connectivity index (χ0) is 12.0. The van der Waals surface area contributed by atoms with Crippen LogP contribution in [0.5, 0.6) is 0 Å². The molecule has 3 rings (SSSR count). The van der Waals surface area contributed by atoms with Crippen molar-refractivity contribution in [2.45, 2.75) is 6.43 Å². The highest BCUT2D eigenvalue weighted by atomic mass is 32.1. The lowest BCUT2D eigenvalue weighted by molar-refractivity contribution is 0.137. The summed E-state index contributed by atoms with van der Waals surface area (Å²) in [6.45, 7) is 0. The fraction of sp³-hybridized carbons (Fsp3) is 0.250. The number of hydrogen-bond donors (Lipinski definition) is 0. The number of halogens is 2. The monoisotopic (exact) mass is 256 g/mol. The minimum Gasteiger partial charge on any atom is -0.265 e. The van der Waals surface area contributed by atoms with E-state index in [0.717, 1.165) is 10.2 Å². The molecule has 0 radical (unpaired) electrons. The summed E-state index contributed by atoms with van der Waals surface area (Å²) in [5.41, 5.74) is 0.751. The van der Waals surface area contributed by atoms with Gasteiger partial charge in [0, 0.05) is 13.2 Å². The van der Waals surface area contributed by atoms with Crippen LogP contribution in [-0.2, 0) is 7.05 Å². The second-order valence-electron chi connectivity index (χ2n) is 3.30. The molecule has 0 unspecified atom stereocenters. The van der Waals surface area contributed by atoms with E-state index in [-0.39, 0.29) is 0 Å². The molecule has 0 N–H and O–H groups in total. The third kappa shape index (κ3) is 1.50. The molecule has 17 heavy (non-hydrogen) atoms. The molecule has 0 aliphatic carbocycles. The first-order valence-corrected chi connectivity index (χ1v) is 5.47. The summed E-state index contributed by atoms with van der Waals surface area (Å²) in [5.74, 6) is -0.440. The van der Waals surface area contributed by atoms with E-state index in [0.29, 0.717) is 9.97 Å². The van der Waals surface area contributed by atoms with Crippen molar-refractivity contribution in [3.05, 3.63) is 18.1 Å². The lowest BCUT2D eigenvalue weighted by Gasteiger charge is -1.95. The second-order valence-corrected chi connectivity index (χ2v) is 4.26. The highest BCUT2D eigenvalue weighted by Crippen LogP contribution is 2.26. The molecule has 0 fully saturated rings. The highest BCUT2D eigenvalue weighted by molar-refractivity contribution is 7.19. The molecule has 0 amide bonds. The lowest BCUT2D eigenvalue weighted by Crippen LogP contribution is -1.97. The first-order chi connectivity index (χ1) is 8.16. The SMILES string of the molecule is Cn1nccc1-c1nn2c(C(F)F)nnc2s1. The summed E-state index contributed by atoms with van der Waals surface area (Å²) in [5, 5.41) is 15.7. The average Bonchev–Trinajstić information content (AvgIpc) is 2.89. The molecule has 6 nitrogen and oxygen atoms in total. The highest BCUT2D eigenvalue weighted by Gasteiger charge is 2.20. The summed E-state index contributed by atoms with van der Waals surface area (Å²) in [4.78, 5) is 0.344. The van der Waals surface area contributed by atoms with Crippen LogP contribution in [0.1, 0.15) is 12.2 Å². The van der Waals surface area contributed by atoms with Crippen molar-refractivity contribution in [2.75, 3.05) is 0 Å². The van der Waals surface area contributed by atoms with Crippen molar-refractivity contribution >= 4 is 16.3 Å². The van der Waals surface area contributed by atoms with Gasteiger partial charge in [-0.05, 0) is 6.07 Å². The molecule has 0 saturated heterocycles. The molecule has 0 saturated carbocycles. The van der Waals surface area contributed by atoms with Gasteiger partial charge in [-0.3, -0.25) is 4.68 Å². The molecule has 0 aliphatic rings. The number of alkyl halides is 2. The molecule has 0 atom stereocenters. The number of nitrogens with zero attached hydrogens (tertiary/aromatic N) is 6. The van der Waals surface area contributed by atoms with Crippen LogP contribution in [0.15, 0.2) is 12.3 Å². The van der Waals surface area contributed by atoms with Gasteiger partial charge in [0.2, 0.25) is 10.8 Å². The summed E-state index contributed by atoms with van der Waals surface area (Å²) < 4.78 is 27.9. The molecular formula is C8H6F2N6S. The Morgan fingerprint density at radius 1 is 1.35 bits per heavy atom. The van der Waals surface area contributed by atoms with Gasteiger partial charge in [-0.15, -0.1) is 10.2 Å². The van der Waals surface area contributed by atoms with Crippen molar-refractivity contribution in [3.63, 3.8) is 0 Å². The Morgan fingerprint density at radius 2 is 2.18 bits per heavy atom. The molecular weight excluding hydrogens is 250 g/mol. The van der Waals surface area contributed by atoms with E-state index < -0.39 is 12.2 Å². The minimum absolute atomic E-state index is 0.344. The standard InChI is InChI=1S/C8H6F2N6S/c1-15-4(2-3-11-15)7-14-16-6(5(9)10)12-13-8(16)17-7/h2-3,5H,1H3. The van der Waals surface area contributed by atoms with Crippen LogP contribution in [0, 0.1) is 0 Å².